The number of halogens is 4. The van der Waals surface area contributed by atoms with Gasteiger partial charge in [0, 0.05) is 0 Å². The van der Waals surface area contributed by atoms with Crippen LogP contribution in [0.4, 0.5) is 17.6 Å². The van der Waals surface area contributed by atoms with Crippen molar-refractivity contribution in [1.82, 2.24) is 0 Å². The summed E-state index contributed by atoms with van der Waals surface area (Å²) in [6.07, 6.45) is -4.78. The van der Waals surface area contributed by atoms with E-state index in [0.717, 1.165) is 19.3 Å². The molecule has 5 heteroatoms. The Morgan fingerprint density at radius 1 is 1.20 bits per heavy atom. The predicted octanol–water partition coefficient (Wildman–Crippen LogP) is 4.08. The average Bonchev–Trinajstić information content (AvgIpc) is 2.18. The van der Waals surface area contributed by atoms with E-state index in [-0.39, 0.29) is 12.5 Å². The van der Waals surface area contributed by atoms with Gasteiger partial charge in [0.05, 0.1) is 6.61 Å². The van der Waals surface area contributed by atoms with Crippen molar-refractivity contribution in [3.63, 3.8) is 0 Å². The van der Waals surface area contributed by atoms with Crippen LogP contribution in [-0.4, -0.2) is 19.1 Å². The molecule has 0 aromatic rings. The fourth-order valence-electron chi connectivity index (χ4n) is 1.19. The molecule has 0 heterocycles. The Morgan fingerprint density at radius 2 is 1.80 bits per heavy atom. The lowest BCUT2D eigenvalue weighted by atomic mass is 10.0. The normalized spacial score (nSPS) is 14.6. The third kappa shape index (κ3) is 5.97. The van der Waals surface area contributed by atoms with Crippen molar-refractivity contribution in [3.8, 4) is 0 Å². The van der Waals surface area contributed by atoms with Gasteiger partial charge in [-0.25, -0.2) is 8.78 Å². The summed E-state index contributed by atoms with van der Waals surface area (Å²) in [7, 11) is 0. The summed E-state index contributed by atoms with van der Waals surface area (Å²) in [4.78, 5) is 0. The molecule has 15 heavy (non-hydrogen) atoms. The number of rotatable bonds is 8. The molecule has 0 saturated heterocycles. The Bertz CT molecular complexity index is 162. The minimum absolute atomic E-state index is 0.0606. The van der Waals surface area contributed by atoms with Crippen LogP contribution in [-0.2, 0) is 4.74 Å². The molecule has 1 unspecified atom stereocenters. The van der Waals surface area contributed by atoms with Crippen LogP contribution >= 0.6 is 0 Å². The van der Waals surface area contributed by atoms with Crippen LogP contribution in [0.3, 0.4) is 0 Å². The summed E-state index contributed by atoms with van der Waals surface area (Å²) in [6, 6.07) is 0. The molecule has 0 aliphatic carbocycles. The third-order valence-electron chi connectivity index (χ3n) is 2.31. The molecule has 0 aliphatic rings. The van der Waals surface area contributed by atoms with Gasteiger partial charge in [0.15, 0.2) is 0 Å². The maximum absolute atomic E-state index is 12.4. The van der Waals surface area contributed by atoms with Crippen molar-refractivity contribution in [2.75, 3.05) is 6.61 Å². The SMILES string of the molecule is CCCCC(CC)COC(F)(F)C(F)F. The molecule has 0 aliphatic heterocycles. The smallest absolute Gasteiger partial charge is 0.316 e. The van der Waals surface area contributed by atoms with Crippen molar-refractivity contribution in [2.45, 2.75) is 52.1 Å². The van der Waals surface area contributed by atoms with Crippen LogP contribution in [0.15, 0.2) is 0 Å². The van der Waals surface area contributed by atoms with Gasteiger partial charge in [-0.15, -0.1) is 0 Å². The van der Waals surface area contributed by atoms with E-state index in [2.05, 4.69) is 4.74 Å². The summed E-state index contributed by atoms with van der Waals surface area (Å²) in [6.45, 7) is 3.53. The van der Waals surface area contributed by atoms with Gasteiger partial charge in [0.1, 0.15) is 0 Å². The van der Waals surface area contributed by atoms with E-state index in [1.165, 1.54) is 0 Å². The van der Waals surface area contributed by atoms with Gasteiger partial charge in [-0.2, -0.15) is 8.78 Å². The van der Waals surface area contributed by atoms with Crippen LogP contribution in [0.2, 0.25) is 0 Å². The molecule has 0 amide bonds. The van der Waals surface area contributed by atoms with E-state index in [1.54, 1.807) is 0 Å². The van der Waals surface area contributed by atoms with Crippen molar-refractivity contribution in [3.05, 3.63) is 0 Å². The van der Waals surface area contributed by atoms with E-state index in [4.69, 9.17) is 0 Å². The summed E-state index contributed by atoms with van der Waals surface area (Å²) in [5.74, 6) is -0.0606. The molecule has 0 saturated carbocycles. The fraction of sp³-hybridized carbons (Fsp3) is 1.00. The average molecular weight is 230 g/mol. The molecule has 0 rings (SSSR count). The van der Waals surface area contributed by atoms with Crippen LogP contribution in [0.25, 0.3) is 0 Å². The van der Waals surface area contributed by atoms with Gasteiger partial charge < -0.3 is 4.74 Å². The summed E-state index contributed by atoms with van der Waals surface area (Å²) >= 11 is 0. The lowest BCUT2D eigenvalue weighted by Gasteiger charge is -2.20. The first-order valence-electron chi connectivity index (χ1n) is 5.23. The topological polar surface area (TPSA) is 9.23 Å². The summed E-state index contributed by atoms with van der Waals surface area (Å²) in [5, 5.41) is 0. The highest BCUT2D eigenvalue weighted by Crippen LogP contribution is 2.26. The zero-order valence-corrected chi connectivity index (χ0v) is 9.11. The molecular weight excluding hydrogens is 212 g/mol. The van der Waals surface area contributed by atoms with Crippen molar-refractivity contribution in [1.29, 1.82) is 0 Å². The Labute approximate surface area is 87.8 Å². The summed E-state index contributed by atoms with van der Waals surface area (Å²) in [5.41, 5.74) is 0. The quantitative estimate of drug-likeness (QED) is 0.571. The molecule has 0 N–H and O–H groups in total. The number of hydrogen-bond acceptors (Lipinski definition) is 1. The fourth-order valence-corrected chi connectivity index (χ4v) is 1.19. The molecule has 0 spiro atoms. The van der Waals surface area contributed by atoms with Gasteiger partial charge in [0.25, 0.3) is 0 Å². The monoisotopic (exact) mass is 230 g/mol. The minimum atomic E-state index is -4.31. The summed E-state index contributed by atoms with van der Waals surface area (Å²) < 4.78 is 52.2. The van der Waals surface area contributed by atoms with Gasteiger partial charge in [-0.3, -0.25) is 0 Å². The predicted molar refractivity (Wildman–Crippen MR) is 50.2 cm³/mol. The number of ether oxygens (including phenoxy) is 1. The maximum atomic E-state index is 12.4. The lowest BCUT2D eigenvalue weighted by molar-refractivity contribution is -0.304. The lowest BCUT2D eigenvalue weighted by Crippen LogP contribution is -2.32. The highest BCUT2D eigenvalue weighted by molar-refractivity contribution is 4.60. The largest absolute Gasteiger partial charge is 0.416 e. The van der Waals surface area contributed by atoms with Crippen LogP contribution in [0.5, 0.6) is 0 Å². The molecule has 1 nitrogen and oxygen atoms in total. The van der Waals surface area contributed by atoms with Crippen molar-refractivity contribution < 1.29 is 22.3 Å². The Kier molecular flexibility index (Phi) is 6.89. The minimum Gasteiger partial charge on any atom is -0.316 e. The molecule has 0 radical (unpaired) electrons. The maximum Gasteiger partial charge on any atom is 0.416 e. The number of unbranched alkanes of at least 4 members (excludes halogenated alkanes) is 1. The van der Waals surface area contributed by atoms with Crippen LogP contribution < -0.4 is 0 Å². The second-order valence-corrected chi connectivity index (χ2v) is 3.59. The zero-order chi connectivity index (χ0) is 11.9. The first-order chi connectivity index (χ1) is 6.94. The Hall–Kier alpha value is -0.320. The van der Waals surface area contributed by atoms with Crippen molar-refractivity contribution >= 4 is 0 Å². The third-order valence-corrected chi connectivity index (χ3v) is 2.31. The van der Waals surface area contributed by atoms with Crippen LogP contribution in [0.1, 0.15) is 39.5 Å². The second kappa shape index (κ2) is 7.04. The Morgan fingerprint density at radius 3 is 2.20 bits per heavy atom. The van der Waals surface area contributed by atoms with Crippen LogP contribution in [0, 0.1) is 5.92 Å². The van der Waals surface area contributed by atoms with E-state index in [0.29, 0.717) is 6.42 Å². The Balaban J connectivity index is 3.88. The van der Waals surface area contributed by atoms with Gasteiger partial charge in [-0.05, 0) is 12.3 Å². The van der Waals surface area contributed by atoms with E-state index in [1.807, 2.05) is 13.8 Å². The zero-order valence-electron chi connectivity index (χ0n) is 9.11. The van der Waals surface area contributed by atoms with Gasteiger partial charge in [0.2, 0.25) is 0 Å². The standard InChI is InChI=1S/C10H18F4O/c1-3-5-6-8(4-2)7-15-10(13,14)9(11)12/h8-9H,3-7H2,1-2H3. The van der Waals surface area contributed by atoms with Gasteiger partial charge in [-0.1, -0.05) is 33.1 Å². The highest BCUT2D eigenvalue weighted by Gasteiger charge is 2.42. The highest BCUT2D eigenvalue weighted by atomic mass is 19.3. The first kappa shape index (κ1) is 14.7. The van der Waals surface area contributed by atoms with E-state index < -0.39 is 12.5 Å². The van der Waals surface area contributed by atoms with E-state index >= 15 is 0 Å². The molecule has 0 fully saturated rings. The first-order valence-corrected chi connectivity index (χ1v) is 5.23. The van der Waals surface area contributed by atoms with E-state index in [9.17, 15) is 17.6 Å². The molecule has 0 aromatic heterocycles. The van der Waals surface area contributed by atoms with Crippen molar-refractivity contribution in [2.24, 2.45) is 5.92 Å². The second-order valence-electron chi connectivity index (χ2n) is 3.59. The number of hydrogen-bond donors (Lipinski definition) is 0. The molecule has 92 valence electrons. The van der Waals surface area contributed by atoms with Gasteiger partial charge >= 0.3 is 12.5 Å². The number of alkyl halides is 4. The molecule has 1 atom stereocenters. The molecule has 0 bridgehead atoms. The molecule has 0 aromatic carbocycles. The molecular formula is C10H18F4O.